The maximum absolute atomic E-state index is 12.8. The molecule has 27 heavy (non-hydrogen) atoms. The van der Waals surface area contributed by atoms with Crippen LogP contribution >= 0.6 is 11.3 Å². The SMILES string of the molecule is Cc1nc(-c2cnn(C)c2)sc1C(=O)Nc1nc(C2CCNCC2)nn1C. The molecule has 4 heterocycles. The molecule has 0 spiro atoms. The van der Waals surface area contributed by atoms with Crippen LogP contribution < -0.4 is 10.6 Å². The van der Waals surface area contributed by atoms with Crippen molar-refractivity contribution in [2.75, 3.05) is 18.4 Å². The van der Waals surface area contributed by atoms with Crippen LogP contribution in [0.1, 0.15) is 39.9 Å². The molecule has 2 N–H and O–H groups in total. The van der Waals surface area contributed by atoms with Gasteiger partial charge in [0.05, 0.1) is 11.9 Å². The van der Waals surface area contributed by atoms with Crippen molar-refractivity contribution in [1.29, 1.82) is 0 Å². The molecule has 4 rings (SSSR count). The molecule has 1 fully saturated rings. The number of thiazole rings is 1. The zero-order valence-electron chi connectivity index (χ0n) is 15.6. The summed E-state index contributed by atoms with van der Waals surface area (Å²) in [4.78, 5) is 22.4. The Kier molecular flexibility index (Phi) is 4.75. The van der Waals surface area contributed by atoms with E-state index >= 15 is 0 Å². The normalized spacial score (nSPS) is 15.2. The van der Waals surface area contributed by atoms with Gasteiger partial charge in [-0.2, -0.15) is 15.2 Å². The Morgan fingerprint density at radius 1 is 1.30 bits per heavy atom. The van der Waals surface area contributed by atoms with Crippen molar-refractivity contribution < 1.29 is 4.79 Å². The second-order valence-corrected chi connectivity index (χ2v) is 7.73. The van der Waals surface area contributed by atoms with Gasteiger partial charge in [-0.25, -0.2) is 9.67 Å². The molecule has 0 saturated carbocycles. The quantitative estimate of drug-likeness (QED) is 0.707. The lowest BCUT2D eigenvalue weighted by Gasteiger charge is -2.19. The zero-order chi connectivity index (χ0) is 19.0. The van der Waals surface area contributed by atoms with E-state index in [2.05, 4.69) is 30.8 Å². The Hall–Kier alpha value is -2.59. The number of amides is 1. The van der Waals surface area contributed by atoms with Crippen molar-refractivity contribution >= 4 is 23.2 Å². The van der Waals surface area contributed by atoms with Gasteiger partial charge in [0.25, 0.3) is 5.91 Å². The van der Waals surface area contributed by atoms with Gasteiger partial charge in [-0.05, 0) is 32.9 Å². The number of piperidine rings is 1. The number of aryl methyl sites for hydroxylation is 3. The summed E-state index contributed by atoms with van der Waals surface area (Å²) in [5.74, 6) is 1.38. The average molecular weight is 386 g/mol. The third-order valence-electron chi connectivity index (χ3n) is 4.66. The van der Waals surface area contributed by atoms with Crippen LogP contribution in [0.2, 0.25) is 0 Å². The van der Waals surface area contributed by atoms with Crippen LogP contribution in [-0.4, -0.2) is 48.5 Å². The minimum atomic E-state index is -0.215. The molecule has 0 bridgehead atoms. The Bertz CT molecular complexity index is 966. The molecule has 142 valence electrons. The fourth-order valence-electron chi connectivity index (χ4n) is 3.19. The third-order valence-corrected chi connectivity index (χ3v) is 5.87. The molecular weight excluding hydrogens is 364 g/mol. The van der Waals surface area contributed by atoms with E-state index in [0.717, 1.165) is 42.3 Å². The molecular formula is C17H22N8OS. The van der Waals surface area contributed by atoms with Crippen LogP contribution in [0.3, 0.4) is 0 Å². The first-order valence-electron chi connectivity index (χ1n) is 8.90. The van der Waals surface area contributed by atoms with Crippen LogP contribution in [0.15, 0.2) is 12.4 Å². The van der Waals surface area contributed by atoms with E-state index < -0.39 is 0 Å². The van der Waals surface area contributed by atoms with Gasteiger partial charge >= 0.3 is 0 Å². The topological polar surface area (TPSA) is 103 Å². The minimum absolute atomic E-state index is 0.215. The summed E-state index contributed by atoms with van der Waals surface area (Å²) in [7, 11) is 3.65. The van der Waals surface area contributed by atoms with E-state index in [0.29, 0.717) is 22.4 Å². The highest BCUT2D eigenvalue weighted by Crippen LogP contribution is 2.28. The monoisotopic (exact) mass is 386 g/mol. The summed E-state index contributed by atoms with van der Waals surface area (Å²) in [6.45, 7) is 3.78. The second kappa shape index (κ2) is 7.20. The van der Waals surface area contributed by atoms with Gasteiger partial charge in [0.15, 0.2) is 5.82 Å². The molecule has 0 atom stereocenters. The molecule has 1 aliphatic rings. The van der Waals surface area contributed by atoms with E-state index in [9.17, 15) is 4.79 Å². The molecule has 0 aromatic carbocycles. The molecule has 0 unspecified atom stereocenters. The molecule has 1 saturated heterocycles. The smallest absolute Gasteiger partial charge is 0.270 e. The van der Waals surface area contributed by atoms with Crippen LogP contribution in [0.5, 0.6) is 0 Å². The fourth-order valence-corrected chi connectivity index (χ4v) is 4.12. The molecule has 3 aromatic heterocycles. The number of carbonyl (C=O) groups excluding carboxylic acids is 1. The van der Waals surface area contributed by atoms with Crippen LogP contribution in [0.25, 0.3) is 10.6 Å². The van der Waals surface area contributed by atoms with Gasteiger partial charge in [0, 0.05) is 31.8 Å². The summed E-state index contributed by atoms with van der Waals surface area (Å²) in [6, 6.07) is 0. The van der Waals surface area contributed by atoms with Gasteiger partial charge < -0.3 is 5.32 Å². The number of rotatable bonds is 4. The van der Waals surface area contributed by atoms with Crippen LogP contribution in [0, 0.1) is 6.92 Å². The number of nitrogens with one attached hydrogen (secondary N) is 2. The lowest BCUT2D eigenvalue weighted by Crippen LogP contribution is -2.27. The van der Waals surface area contributed by atoms with E-state index in [1.54, 1.807) is 22.6 Å². The van der Waals surface area contributed by atoms with Gasteiger partial charge in [-0.3, -0.25) is 14.8 Å². The number of carbonyl (C=O) groups is 1. The zero-order valence-corrected chi connectivity index (χ0v) is 16.4. The maximum atomic E-state index is 12.8. The summed E-state index contributed by atoms with van der Waals surface area (Å²) in [6.07, 6.45) is 5.65. The predicted molar refractivity (Wildman–Crippen MR) is 103 cm³/mol. The number of nitrogens with zero attached hydrogens (tertiary/aromatic N) is 6. The highest BCUT2D eigenvalue weighted by Gasteiger charge is 2.23. The molecule has 0 radical (unpaired) electrons. The Morgan fingerprint density at radius 2 is 2.07 bits per heavy atom. The minimum Gasteiger partial charge on any atom is -0.317 e. The first kappa shape index (κ1) is 17.8. The summed E-state index contributed by atoms with van der Waals surface area (Å²) in [5, 5.41) is 15.7. The molecule has 3 aromatic rings. The Labute approximate surface area is 160 Å². The Balaban J connectivity index is 1.52. The second-order valence-electron chi connectivity index (χ2n) is 6.73. The maximum Gasteiger partial charge on any atom is 0.270 e. The number of hydrogen-bond donors (Lipinski definition) is 2. The molecule has 10 heteroatoms. The lowest BCUT2D eigenvalue weighted by atomic mass is 9.98. The number of hydrogen-bond acceptors (Lipinski definition) is 7. The first-order valence-corrected chi connectivity index (χ1v) is 9.72. The highest BCUT2D eigenvalue weighted by molar-refractivity contribution is 7.17. The van der Waals surface area contributed by atoms with Crippen molar-refractivity contribution in [3.8, 4) is 10.6 Å². The standard InChI is InChI=1S/C17H22N8OS/c1-10-13(27-16(20-10)12-8-19-24(2)9-12)15(26)22-17-21-14(23-25(17)3)11-4-6-18-7-5-11/h8-9,11,18H,4-7H2,1-3H3,(H,21,22,23,26). The van der Waals surface area contributed by atoms with Gasteiger partial charge in [0.1, 0.15) is 9.88 Å². The van der Waals surface area contributed by atoms with Crippen molar-refractivity contribution in [2.24, 2.45) is 14.1 Å². The predicted octanol–water partition coefficient (Wildman–Crippen LogP) is 1.70. The van der Waals surface area contributed by atoms with Crippen molar-refractivity contribution in [1.82, 2.24) is 34.8 Å². The Morgan fingerprint density at radius 3 is 2.78 bits per heavy atom. The van der Waals surface area contributed by atoms with Crippen LogP contribution in [-0.2, 0) is 14.1 Å². The largest absolute Gasteiger partial charge is 0.317 e. The fraction of sp³-hybridized carbons (Fsp3) is 0.471. The lowest BCUT2D eigenvalue weighted by molar-refractivity contribution is 0.102. The van der Waals surface area contributed by atoms with E-state index in [1.165, 1.54) is 11.3 Å². The number of anilines is 1. The van der Waals surface area contributed by atoms with Gasteiger partial charge in [0.2, 0.25) is 5.95 Å². The summed E-state index contributed by atoms with van der Waals surface area (Å²) >= 11 is 1.35. The van der Waals surface area contributed by atoms with Crippen LogP contribution in [0.4, 0.5) is 5.95 Å². The van der Waals surface area contributed by atoms with Crippen molar-refractivity contribution in [3.63, 3.8) is 0 Å². The summed E-state index contributed by atoms with van der Waals surface area (Å²) in [5.41, 5.74) is 1.59. The van der Waals surface area contributed by atoms with Gasteiger partial charge in [-0.15, -0.1) is 11.3 Å². The van der Waals surface area contributed by atoms with E-state index in [-0.39, 0.29) is 5.91 Å². The molecule has 9 nitrogen and oxygen atoms in total. The van der Waals surface area contributed by atoms with Crippen molar-refractivity contribution in [3.05, 3.63) is 28.8 Å². The molecule has 0 aliphatic carbocycles. The first-order chi connectivity index (χ1) is 13.0. The molecule has 1 aliphatic heterocycles. The third kappa shape index (κ3) is 3.62. The van der Waals surface area contributed by atoms with E-state index in [4.69, 9.17) is 0 Å². The average Bonchev–Trinajstić information content (AvgIpc) is 3.35. The van der Waals surface area contributed by atoms with Crippen molar-refractivity contribution in [2.45, 2.75) is 25.7 Å². The highest BCUT2D eigenvalue weighted by atomic mass is 32.1. The molecule has 1 amide bonds. The van der Waals surface area contributed by atoms with Gasteiger partial charge in [-0.1, -0.05) is 0 Å². The van der Waals surface area contributed by atoms with E-state index in [1.807, 2.05) is 20.2 Å². The number of aromatic nitrogens is 6. The summed E-state index contributed by atoms with van der Waals surface area (Å²) < 4.78 is 3.35.